The summed E-state index contributed by atoms with van der Waals surface area (Å²) in [5.74, 6) is 1.36. The number of ether oxygens (including phenoxy) is 2. The molecule has 1 unspecified atom stereocenters. The first-order valence-electron chi connectivity index (χ1n) is 5.73. The van der Waals surface area contributed by atoms with Crippen molar-refractivity contribution in [3.8, 4) is 5.75 Å². The second kappa shape index (κ2) is 4.75. The summed E-state index contributed by atoms with van der Waals surface area (Å²) >= 11 is 0. The molecule has 4 nitrogen and oxygen atoms in total. The second-order valence-corrected chi connectivity index (χ2v) is 3.99. The standard InChI is InChI=1S/C13H17NO3/c1-4-17-12-7-10(15)9-5-6-11(16-3)8(2)13(9)14-12/h5-6,10,15H,4,7H2,1-3H3. The van der Waals surface area contributed by atoms with E-state index in [1.165, 1.54) is 0 Å². The fourth-order valence-electron chi connectivity index (χ4n) is 2.04. The Labute approximate surface area is 101 Å². The molecule has 0 saturated heterocycles. The van der Waals surface area contributed by atoms with Crippen molar-refractivity contribution in [2.45, 2.75) is 26.4 Å². The molecule has 1 aliphatic heterocycles. The Bertz CT molecular complexity index is 454. The molecule has 0 fully saturated rings. The van der Waals surface area contributed by atoms with Gasteiger partial charge < -0.3 is 14.6 Å². The van der Waals surface area contributed by atoms with Crippen LogP contribution in [0.3, 0.4) is 0 Å². The molecule has 92 valence electrons. The quantitative estimate of drug-likeness (QED) is 0.856. The van der Waals surface area contributed by atoms with Crippen LogP contribution >= 0.6 is 0 Å². The number of aliphatic hydroxyl groups excluding tert-OH is 1. The van der Waals surface area contributed by atoms with E-state index in [0.717, 1.165) is 22.6 Å². The molecule has 0 aliphatic carbocycles. The number of nitrogens with zero attached hydrogens (tertiary/aromatic N) is 1. The molecule has 0 aromatic heterocycles. The predicted octanol–water partition coefficient (Wildman–Crippen LogP) is 2.51. The van der Waals surface area contributed by atoms with Gasteiger partial charge in [0.05, 0.1) is 31.9 Å². The van der Waals surface area contributed by atoms with Crippen molar-refractivity contribution >= 4 is 11.6 Å². The number of hydrogen-bond acceptors (Lipinski definition) is 4. The van der Waals surface area contributed by atoms with Crippen LogP contribution in [0, 0.1) is 6.92 Å². The fraction of sp³-hybridized carbons (Fsp3) is 0.462. The van der Waals surface area contributed by atoms with Gasteiger partial charge in [0.1, 0.15) is 5.75 Å². The number of aliphatic hydroxyl groups is 1. The molecule has 1 aliphatic rings. The molecule has 0 bridgehead atoms. The molecule has 1 heterocycles. The van der Waals surface area contributed by atoms with Crippen molar-refractivity contribution in [2.24, 2.45) is 4.99 Å². The van der Waals surface area contributed by atoms with Crippen LogP contribution < -0.4 is 4.74 Å². The Kier molecular flexibility index (Phi) is 3.33. The number of rotatable bonds is 2. The minimum Gasteiger partial charge on any atom is -0.496 e. The van der Waals surface area contributed by atoms with Crippen LogP contribution in [-0.4, -0.2) is 24.7 Å². The van der Waals surface area contributed by atoms with E-state index >= 15 is 0 Å². The van der Waals surface area contributed by atoms with Gasteiger partial charge in [0.25, 0.3) is 0 Å². The van der Waals surface area contributed by atoms with Crippen LogP contribution in [0.5, 0.6) is 5.75 Å². The molecule has 1 atom stereocenters. The lowest BCUT2D eigenvalue weighted by Crippen LogP contribution is -2.15. The average Bonchev–Trinajstić information content (AvgIpc) is 2.31. The van der Waals surface area contributed by atoms with Gasteiger partial charge in [-0.05, 0) is 19.9 Å². The fourth-order valence-corrected chi connectivity index (χ4v) is 2.04. The van der Waals surface area contributed by atoms with Crippen LogP contribution in [0.25, 0.3) is 0 Å². The molecular weight excluding hydrogens is 218 g/mol. The van der Waals surface area contributed by atoms with Crippen molar-refractivity contribution in [1.29, 1.82) is 0 Å². The maximum absolute atomic E-state index is 10.0. The van der Waals surface area contributed by atoms with Crippen LogP contribution in [-0.2, 0) is 4.74 Å². The van der Waals surface area contributed by atoms with Gasteiger partial charge in [0.2, 0.25) is 0 Å². The number of aliphatic imine (C=N–C) groups is 1. The normalized spacial score (nSPS) is 18.4. The van der Waals surface area contributed by atoms with Gasteiger partial charge in [-0.3, -0.25) is 0 Å². The van der Waals surface area contributed by atoms with Crippen molar-refractivity contribution < 1.29 is 14.6 Å². The van der Waals surface area contributed by atoms with Gasteiger partial charge in [-0.2, -0.15) is 0 Å². The van der Waals surface area contributed by atoms with Crippen LogP contribution in [0.2, 0.25) is 0 Å². The molecule has 2 rings (SSSR count). The maximum atomic E-state index is 10.0. The lowest BCUT2D eigenvalue weighted by molar-refractivity contribution is 0.171. The third-order valence-corrected chi connectivity index (χ3v) is 2.91. The highest BCUT2D eigenvalue weighted by Crippen LogP contribution is 2.39. The van der Waals surface area contributed by atoms with Gasteiger partial charge >= 0.3 is 0 Å². The van der Waals surface area contributed by atoms with Gasteiger partial charge in [0.15, 0.2) is 5.90 Å². The van der Waals surface area contributed by atoms with Crippen LogP contribution in [0.4, 0.5) is 5.69 Å². The largest absolute Gasteiger partial charge is 0.496 e. The monoisotopic (exact) mass is 235 g/mol. The number of fused-ring (bicyclic) bond motifs is 1. The Morgan fingerprint density at radius 3 is 2.88 bits per heavy atom. The summed E-state index contributed by atoms with van der Waals surface area (Å²) in [6.07, 6.45) is -0.110. The van der Waals surface area contributed by atoms with Crippen LogP contribution in [0.1, 0.15) is 30.6 Å². The highest BCUT2D eigenvalue weighted by Gasteiger charge is 2.24. The van der Waals surface area contributed by atoms with Gasteiger partial charge in [-0.25, -0.2) is 4.99 Å². The van der Waals surface area contributed by atoms with E-state index in [-0.39, 0.29) is 0 Å². The lowest BCUT2D eigenvalue weighted by atomic mass is 9.98. The molecule has 1 aromatic carbocycles. The number of methoxy groups -OCH3 is 1. The topological polar surface area (TPSA) is 51.0 Å². The van der Waals surface area contributed by atoms with E-state index in [1.807, 2.05) is 26.0 Å². The van der Waals surface area contributed by atoms with Crippen LogP contribution in [0.15, 0.2) is 17.1 Å². The van der Waals surface area contributed by atoms with E-state index in [1.54, 1.807) is 7.11 Å². The molecule has 0 radical (unpaired) electrons. The second-order valence-electron chi connectivity index (χ2n) is 3.99. The van der Waals surface area contributed by atoms with E-state index in [2.05, 4.69) is 4.99 Å². The van der Waals surface area contributed by atoms with E-state index in [4.69, 9.17) is 9.47 Å². The van der Waals surface area contributed by atoms with Gasteiger partial charge in [-0.1, -0.05) is 6.07 Å². The minimum atomic E-state index is -0.548. The first-order chi connectivity index (χ1) is 8.17. The molecule has 17 heavy (non-hydrogen) atoms. The summed E-state index contributed by atoms with van der Waals surface area (Å²) in [5.41, 5.74) is 2.54. The van der Waals surface area contributed by atoms with Gasteiger partial charge in [-0.15, -0.1) is 0 Å². The molecule has 0 saturated carbocycles. The van der Waals surface area contributed by atoms with E-state index < -0.39 is 6.10 Å². The summed E-state index contributed by atoms with van der Waals surface area (Å²) in [6.45, 7) is 4.40. The summed E-state index contributed by atoms with van der Waals surface area (Å²) in [7, 11) is 1.63. The maximum Gasteiger partial charge on any atom is 0.191 e. The van der Waals surface area contributed by atoms with Gasteiger partial charge in [0, 0.05) is 11.1 Å². The zero-order valence-electron chi connectivity index (χ0n) is 10.4. The summed E-state index contributed by atoms with van der Waals surface area (Å²) in [5, 5.41) is 10.0. The smallest absolute Gasteiger partial charge is 0.191 e. The van der Waals surface area contributed by atoms with Crippen molar-refractivity contribution in [3.05, 3.63) is 23.3 Å². The third kappa shape index (κ3) is 2.13. The Balaban J connectivity index is 2.49. The minimum absolute atomic E-state index is 0.437. The highest BCUT2D eigenvalue weighted by atomic mass is 16.5. The Hall–Kier alpha value is -1.55. The highest BCUT2D eigenvalue weighted by molar-refractivity contribution is 5.84. The zero-order valence-corrected chi connectivity index (χ0v) is 10.4. The average molecular weight is 235 g/mol. The van der Waals surface area contributed by atoms with E-state index in [0.29, 0.717) is 18.9 Å². The SMILES string of the molecule is CCOC1=Nc2c(ccc(OC)c2C)C(O)C1. The molecule has 0 amide bonds. The number of hydrogen-bond donors (Lipinski definition) is 1. The third-order valence-electron chi connectivity index (χ3n) is 2.91. The lowest BCUT2D eigenvalue weighted by Gasteiger charge is -2.22. The molecule has 1 N–H and O–H groups in total. The van der Waals surface area contributed by atoms with Crippen molar-refractivity contribution in [2.75, 3.05) is 13.7 Å². The predicted molar refractivity (Wildman–Crippen MR) is 66.0 cm³/mol. The number of benzene rings is 1. The molecule has 1 aromatic rings. The van der Waals surface area contributed by atoms with Crippen molar-refractivity contribution in [3.63, 3.8) is 0 Å². The first-order valence-corrected chi connectivity index (χ1v) is 5.73. The summed E-state index contributed by atoms with van der Waals surface area (Å²) < 4.78 is 10.6. The molecule has 0 spiro atoms. The zero-order chi connectivity index (χ0) is 12.4. The summed E-state index contributed by atoms with van der Waals surface area (Å²) in [4.78, 5) is 4.45. The Morgan fingerprint density at radius 1 is 1.47 bits per heavy atom. The summed E-state index contributed by atoms with van der Waals surface area (Å²) in [6, 6.07) is 3.72. The molecule has 4 heteroatoms. The Morgan fingerprint density at radius 2 is 2.24 bits per heavy atom. The van der Waals surface area contributed by atoms with Crippen molar-refractivity contribution in [1.82, 2.24) is 0 Å². The molecular formula is C13H17NO3. The van der Waals surface area contributed by atoms with E-state index in [9.17, 15) is 5.11 Å². The first kappa shape index (κ1) is 11.9.